The summed E-state index contributed by atoms with van der Waals surface area (Å²) in [5.41, 5.74) is 4.06. The number of benzene rings is 1. The van der Waals surface area contributed by atoms with Gasteiger partial charge in [0.25, 0.3) is 0 Å². The van der Waals surface area contributed by atoms with Gasteiger partial charge in [-0.25, -0.2) is 9.69 Å². The van der Waals surface area contributed by atoms with Gasteiger partial charge in [0.1, 0.15) is 12.4 Å². The second-order valence-corrected chi connectivity index (χ2v) is 6.10. The van der Waals surface area contributed by atoms with Gasteiger partial charge < -0.3 is 9.47 Å². The first-order valence-corrected chi connectivity index (χ1v) is 8.35. The number of hydrogen-bond donors (Lipinski definition) is 0. The Labute approximate surface area is 136 Å². The van der Waals surface area contributed by atoms with E-state index in [1.165, 1.54) is 34.4 Å². The minimum absolute atomic E-state index is 0.130. The van der Waals surface area contributed by atoms with Crippen LogP contribution < -0.4 is 4.74 Å². The number of hydrogen-bond acceptors (Lipinski definition) is 4. The van der Waals surface area contributed by atoms with Crippen molar-refractivity contribution in [2.24, 2.45) is 0 Å². The topological polar surface area (TPSA) is 55.8 Å². The van der Waals surface area contributed by atoms with Crippen molar-refractivity contribution in [3.63, 3.8) is 0 Å². The van der Waals surface area contributed by atoms with Crippen molar-refractivity contribution in [2.75, 3.05) is 20.3 Å². The van der Waals surface area contributed by atoms with E-state index in [2.05, 4.69) is 6.07 Å². The number of amides is 2. The fourth-order valence-corrected chi connectivity index (χ4v) is 3.52. The number of ether oxygens (including phenoxy) is 2. The summed E-state index contributed by atoms with van der Waals surface area (Å²) >= 11 is 0. The highest BCUT2D eigenvalue weighted by molar-refractivity contribution is 5.92. The molecule has 1 fully saturated rings. The molecule has 0 aromatic heterocycles. The average molecular weight is 317 g/mol. The van der Waals surface area contributed by atoms with Gasteiger partial charge in [-0.15, -0.1) is 0 Å². The van der Waals surface area contributed by atoms with Gasteiger partial charge in [-0.3, -0.25) is 4.79 Å². The van der Waals surface area contributed by atoms with Crippen molar-refractivity contribution in [3.8, 4) is 5.75 Å². The molecule has 23 heavy (non-hydrogen) atoms. The normalized spacial score (nSPS) is 16.9. The molecule has 0 bridgehead atoms. The Bertz CT molecular complexity index is 611. The molecule has 0 spiro atoms. The molecule has 1 aromatic carbocycles. The van der Waals surface area contributed by atoms with E-state index in [1.807, 2.05) is 6.07 Å². The van der Waals surface area contributed by atoms with Gasteiger partial charge in [0.2, 0.25) is 5.91 Å². The number of carbonyl (C=O) groups is 2. The Kier molecular flexibility index (Phi) is 4.84. The fraction of sp³-hybridized carbons (Fsp3) is 0.556. The lowest BCUT2D eigenvalue weighted by Gasteiger charge is -2.22. The van der Waals surface area contributed by atoms with Crippen molar-refractivity contribution >= 4 is 12.0 Å². The van der Waals surface area contributed by atoms with Crippen LogP contribution in [0.15, 0.2) is 12.1 Å². The van der Waals surface area contributed by atoms with Gasteiger partial charge in [0.05, 0.1) is 13.7 Å². The summed E-state index contributed by atoms with van der Waals surface area (Å²) in [6.07, 6.45) is 6.09. The summed E-state index contributed by atoms with van der Waals surface area (Å²) in [7, 11) is 1.72. The van der Waals surface area contributed by atoms with Crippen LogP contribution in [0.25, 0.3) is 0 Å². The molecule has 124 valence electrons. The van der Waals surface area contributed by atoms with Crippen LogP contribution in [0.4, 0.5) is 4.79 Å². The minimum Gasteiger partial charge on any atom is -0.496 e. The summed E-state index contributed by atoms with van der Waals surface area (Å²) < 4.78 is 10.3. The third-order valence-corrected chi connectivity index (χ3v) is 4.71. The van der Waals surface area contributed by atoms with Gasteiger partial charge in [-0.1, -0.05) is 6.07 Å². The predicted octanol–water partition coefficient (Wildman–Crippen LogP) is 2.88. The van der Waals surface area contributed by atoms with E-state index in [1.54, 1.807) is 7.11 Å². The molecule has 3 rings (SSSR count). The van der Waals surface area contributed by atoms with Gasteiger partial charge in [-0.2, -0.15) is 0 Å². The number of fused-ring (bicyclic) bond motifs is 1. The van der Waals surface area contributed by atoms with E-state index in [0.29, 0.717) is 19.6 Å². The number of imide groups is 1. The highest BCUT2D eigenvalue weighted by Gasteiger charge is 2.27. The van der Waals surface area contributed by atoms with E-state index >= 15 is 0 Å². The monoisotopic (exact) mass is 317 g/mol. The second kappa shape index (κ2) is 7.02. The molecule has 1 aromatic rings. The van der Waals surface area contributed by atoms with Crippen molar-refractivity contribution < 1.29 is 19.1 Å². The molecule has 0 saturated carbocycles. The fourth-order valence-electron chi connectivity index (χ4n) is 3.52. The number of rotatable bonds is 5. The van der Waals surface area contributed by atoms with Crippen LogP contribution in [-0.4, -0.2) is 37.2 Å². The maximum Gasteiger partial charge on any atom is 0.416 e. The largest absolute Gasteiger partial charge is 0.496 e. The Balaban J connectivity index is 1.62. The summed E-state index contributed by atoms with van der Waals surface area (Å²) in [4.78, 5) is 24.6. The third-order valence-electron chi connectivity index (χ3n) is 4.71. The molecular formula is C18H23NO4. The first kappa shape index (κ1) is 15.8. The van der Waals surface area contributed by atoms with Gasteiger partial charge in [0, 0.05) is 6.42 Å². The Hall–Kier alpha value is -2.04. The van der Waals surface area contributed by atoms with E-state index in [0.717, 1.165) is 31.4 Å². The van der Waals surface area contributed by atoms with Crippen LogP contribution >= 0.6 is 0 Å². The zero-order valence-corrected chi connectivity index (χ0v) is 13.6. The predicted molar refractivity (Wildman–Crippen MR) is 85.6 cm³/mol. The molecule has 0 atom stereocenters. The quantitative estimate of drug-likeness (QED) is 0.838. The third kappa shape index (κ3) is 3.33. The summed E-state index contributed by atoms with van der Waals surface area (Å²) in [5.74, 6) is 0.856. The first-order chi connectivity index (χ1) is 11.2. The van der Waals surface area contributed by atoms with Crippen molar-refractivity contribution in [1.29, 1.82) is 0 Å². The minimum atomic E-state index is -0.503. The van der Waals surface area contributed by atoms with Gasteiger partial charge >= 0.3 is 6.09 Å². The number of aryl methyl sites for hydroxylation is 1. The van der Waals surface area contributed by atoms with Crippen LogP contribution in [0.5, 0.6) is 5.75 Å². The molecule has 0 N–H and O–H groups in total. The molecule has 1 heterocycles. The first-order valence-electron chi connectivity index (χ1n) is 8.35. The summed E-state index contributed by atoms with van der Waals surface area (Å²) in [5, 5.41) is 0. The van der Waals surface area contributed by atoms with E-state index in [9.17, 15) is 9.59 Å². The Morgan fingerprint density at radius 1 is 1.26 bits per heavy atom. The van der Waals surface area contributed by atoms with Crippen LogP contribution in [0.3, 0.4) is 0 Å². The molecule has 2 aliphatic rings. The Morgan fingerprint density at radius 2 is 2.04 bits per heavy atom. The van der Waals surface area contributed by atoms with E-state index in [4.69, 9.17) is 9.47 Å². The molecule has 5 heteroatoms. The lowest BCUT2D eigenvalue weighted by Crippen LogP contribution is -2.31. The number of cyclic esters (lactones) is 1. The maximum absolute atomic E-state index is 12.0. The van der Waals surface area contributed by atoms with E-state index < -0.39 is 6.09 Å². The number of carbonyl (C=O) groups excluding carboxylic acids is 2. The maximum atomic E-state index is 12.0. The average Bonchev–Trinajstić information content (AvgIpc) is 3.01. The van der Waals surface area contributed by atoms with E-state index in [-0.39, 0.29) is 5.91 Å². The molecule has 1 aliphatic carbocycles. The molecule has 1 aliphatic heterocycles. The highest BCUT2D eigenvalue weighted by Crippen LogP contribution is 2.32. The second-order valence-electron chi connectivity index (χ2n) is 6.10. The number of nitrogens with zero attached hydrogens (tertiary/aromatic N) is 1. The zero-order valence-electron chi connectivity index (χ0n) is 13.6. The molecular weight excluding hydrogens is 294 g/mol. The Morgan fingerprint density at radius 3 is 2.74 bits per heavy atom. The van der Waals surface area contributed by atoms with Crippen molar-refractivity contribution in [3.05, 3.63) is 28.8 Å². The van der Waals surface area contributed by atoms with Crippen molar-refractivity contribution in [2.45, 2.75) is 44.9 Å². The summed E-state index contributed by atoms with van der Waals surface area (Å²) in [6.45, 7) is 0.701. The van der Waals surface area contributed by atoms with Crippen LogP contribution in [-0.2, 0) is 28.8 Å². The van der Waals surface area contributed by atoms with Crippen molar-refractivity contribution in [1.82, 2.24) is 4.90 Å². The number of methoxy groups -OCH3 is 1. The highest BCUT2D eigenvalue weighted by atomic mass is 16.6. The lowest BCUT2D eigenvalue weighted by molar-refractivity contribution is -0.127. The van der Waals surface area contributed by atoms with Crippen LogP contribution in [0.1, 0.15) is 42.4 Å². The molecule has 0 unspecified atom stereocenters. The van der Waals surface area contributed by atoms with Crippen LogP contribution in [0, 0.1) is 0 Å². The van der Waals surface area contributed by atoms with Crippen LogP contribution in [0.2, 0.25) is 0 Å². The van der Waals surface area contributed by atoms with Gasteiger partial charge in [0.15, 0.2) is 0 Å². The van der Waals surface area contributed by atoms with Gasteiger partial charge in [-0.05, 0) is 61.3 Å². The molecule has 2 amide bonds. The zero-order chi connectivity index (χ0) is 16.2. The summed E-state index contributed by atoms with van der Waals surface area (Å²) in [6, 6.07) is 4.16. The molecule has 0 radical (unpaired) electrons. The molecule has 5 nitrogen and oxygen atoms in total. The standard InChI is InChI=1S/C18H23NO4/c1-22-16-10-9-13(14-6-2-3-7-15(14)16)5-4-8-17(20)19-11-12-23-18(19)21/h9-10H,2-8,11-12H2,1H3. The lowest BCUT2D eigenvalue weighted by atomic mass is 9.86. The molecule has 1 saturated heterocycles. The smallest absolute Gasteiger partial charge is 0.416 e. The SMILES string of the molecule is COc1ccc(CCCC(=O)N2CCOC2=O)c2c1CCCC2.